The molecule has 0 aliphatic carbocycles. The second-order valence-corrected chi connectivity index (χ2v) is 7.31. The number of anilines is 3. The van der Waals surface area contributed by atoms with E-state index in [1.54, 1.807) is 13.0 Å². The normalized spacial score (nSPS) is 16.5. The number of nitrogens with zero attached hydrogens (tertiary/aromatic N) is 3. The van der Waals surface area contributed by atoms with Gasteiger partial charge in [-0.1, -0.05) is 25.0 Å². The number of aryl methyl sites for hydroxylation is 2. The van der Waals surface area contributed by atoms with Crippen LogP contribution in [-0.4, -0.2) is 29.1 Å². The van der Waals surface area contributed by atoms with E-state index in [4.69, 9.17) is 5.73 Å². The summed E-state index contributed by atoms with van der Waals surface area (Å²) in [5.41, 5.74) is 6.65. The minimum absolute atomic E-state index is 0. The monoisotopic (exact) mass is 465 g/mol. The number of benzene rings is 1. The van der Waals surface area contributed by atoms with Crippen LogP contribution in [0.4, 0.5) is 30.6 Å². The van der Waals surface area contributed by atoms with Crippen LogP contribution in [0.1, 0.15) is 43.0 Å². The lowest BCUT2D eigenvalue weighted by molar-refractivity contribution is -0.137. The van der Waals surface area contributed by atoms with E-state index < -0.39 is 11.7 Å². The van der Waals surface area contributed by atoms with Gasteiger partial charge in [0.25, 0.3) is 0 Å². The van der Waals surface area contributed by atoms with Crippen LogP contribution in [0.15, 0.2) is 24.3 Å². The van der Waals surface area contributed by atoms with Crippen molar-refractivity contribution >= 4 is 42.3 Å². The maximum absolute atomic E-state index is 13.4. The molecule has 10 heteroatoms. The standard InChI is InChI=1S/C20H26F3N5.2ClH/c1-3-5-15-11-18(28-9-4-6-14(24)12-28)27-19(25-15)26-17-8-7-13(2)10-16(17)20(21,22)23;;/h7-8,10-11,14H,3-6,9,12,24H2,1-2H3,(H,25,26,27);2*1H/t14-;;/m1../s1. The molecule has 1 fully saturated rings. The predicted molar refractivity (Wildman–Crippen MR) is 119 cm³/mol. The van der Waals surface area contributed by atoms with Gasteiger partial charge in [0.1, 0.15) is 5.82 Å². The zero-order chi connectivity index (χ0) is 20.3. The number of alkyl halides is 3. The van der Waals surface area contributed by atoms with E-state index in [-0.39, 0.29) is 42.5 Å². The van der Waals surface area contributed by atoms with Crippen LogP contribution < -0.4 is 16.0 Å². The molecular formula is C20H28Cl2F3N5. The summed E-state index contributed by atoms with van der Waals surface area (Å²) in [5, 5.41) is 2.80. The molecule has 0 unspecified atom stereocenters. The number of rotatable bonds is 5. The highest BCUT2D eigenvalue weighted by atomic mass is 35.5. The molecular weight excluding hydrogens is 438 g/mol. The maximum Gasteiger partial charge on any atom is 0.418 e. The minimum Gasteiger partial charge on any atom is -0.355 e. The summed E-state index contributed by atoms with van der Waals surface area (Å²) in [6, 6.07) is 6.17. The number of nitrogens with two attached hydrogens (primary N) is 1. The highest BCUT2D eigenvalue weighted by molar-refractivity contribution is 5.85. The van der Waals surface area contributed by atoms with Crippen LogP contribution in [0.2, 0.25) is 0 Å². The summed E-state index contributed by atoms with van der Waals surface area (Å²) in [6.45, 7) is 5.18. The number of halogens is 5. The molecule has 0 spiro atoms. The molecule has 1 aliphatic heterocycles. The molecule has 2 heterocycles. The quantitative estimate of drug-likeness (QED) is 0.629. The summed E-state index contributed by atoms with van der Waals surface area (Å²) in [6.07, 6.45) is -0.921. The summed E-state index contributed by atoms with van der Waals surface area (Å²) >= 11 is 0. The van der Waals surface area contributed by atoms with Crippen LogP contribution in [0.3, 0.4) is 0 Å². The van der Waals surface area contributed by atoms with Gasteiger partial charge >= 0.3 is 6.18 Å². The molecule has 1 aliphatic rings. The van der Waals surface area contributed by atoms with Crippen LogP contribution in [0.5, 0.6) is 0 Å². The fourth-order valence-electron chi connectivity index (χ4n) is 3.43. The van der Waals surface area contributed by atoms with Crippen LogP contribution in [0, 0.1) is 6.92 Å². The SMILES string of the molecule is CCCc1cc(N2CCC[C@@H](N)C2)nc(Nc2ccc(C)cc2C(F)(F)F)n1.Cl.Cl. The van der Waals surface area contributed by atoms with E-state index >= 15 is 0 Å². The van der Waals surface area contributed by atoms with Gasteiger partial charge in [-0.05, 0) is 38.3 Å². The Kier molecular flexibility index (Phi) is 9.65. The van der Waals surface area contributed by atoms with E-state index in [0.717, 1.165) is 44.0 Å². The molecule has 5 nitrogen and oxygen atoms in total. The van der Waals surface area contributed by atoms with Gasteiger partial charge in [-0.15, -0.1) is 24.8 Å². The largest absolute Gasteiger partial charge is 0.418 e. The summed E-state index contributed by atoms with van der Waals surface area (Å²) in [7, 11) is 0. The van der Waals surface area contributed by atoms with Crippen molar-refractivity contribution in [2.45, 2.75) is 51.7 Å². The number of hydrogen-bond acceptors (Lipinski definition) is 5. The summed E-state index contributed by atoms with van der Waals surface area (Å²) in [4.78, 5) is 11.0. The van der Waals surface area contributed by atoms with Crippen molar-refractivity contribution < 1.29 is 13.2 Å². The lowest BCUT2D eigenvalue weighted by Gasteiger charge is -2.32. The molecule has 0 amide bonds. The Bertz CT molecular complexity index is 833. The molecule has 1 atom stereocenters. The van der Waals surface area contributed by atoms with Gasteiger partial charge in [0.15, 0.2) is 0 Å². The minimum atomic E-state index is -4.46. The summed E-state index contributed by atoms with van der Waals surface area (Å²) in [5.74, 6) is 0.881. The van der Waals surface area contributed by atoms with E-state index in [1.807, 2.05) is 13.0 Å². The average molecular weight is 466 g/mol. The molecule has 168 valence electrons. The van der Waals surface area contributed by atoms with Crippen LogP contribution in [-0.2, 0) is 12.6 Å². The molecule has 0 bridgehead atoms. The predicted octanol–water partition coefficient (Wildman–Crippen LogP) is 5.27. The fourth-order valence-corrected chi connectivity index (χ4v) is 3.43. The van der Waals surface area contributed by atoms with Crippen LogP contribution in [0.25, 0.3) is 0 Å². The Hall–Kier alpha value is -1.77. The lowest BCUT2D eigenvalue weighted by Crippen LogP contribution is -2.43. The first-order chi connectivity index (χ1) is 13.3. The second kappa shape index (κ2) is 11.0. The van der Waals surface area contributed by atoms with Crippen molar-refractivity contribution in [3.63, 3.8) is 0 Å². The van der Waals surface area contributed by atoms with E-state index in [2.05, 4.69) is 20.2 Å². The van der Waals surface area contributed by atoms with Crippen molar-refractivity contribution in [2.24, 2.45) is 5.73 Å². The molecule has 1 aromatic heterocycles. The average Bonchev–Trinajstić information content (AvgIpc) is 2.62. The molecule has 0 saturated carbocycles. The van der Waals surface area contributed by atoms with Crippen molar-refractivity contribution in [2.75, 3.05) is 23.3 Å². The highest BCUT2D eigenvalue weighted by Gasteiger charge is 2.34. The van der Waals surface area contributed by atoms with E-state index in [1.165, 1.54) is 6.07 Å². The maximum atomic E-state index is 13.4. The van der Waals surface area contributed by atoms with Crippen molar-refractivity contribution in [1.29, 1.82) is 0 Å². The molecule has 1 saturated heterocycles. The third kappa shape index (κ3) is 6.62. The van der Waals surface area contributed by atoms with Crippen molar-refractivity contribution in [3.8, 4) is 0 Å². The van der Waals surface area contributed by atoms with Gasteiger partial charge in [0.05, 0.1) is 11.3 Å². The first-order valence-electron chi connectivity index (χ1n) is 9.59. The Labute approximate surface area is 187 Å². The lowest BCUT2D eigenvalue weighted by atomic mass is 10.1. The van der Waals surface area contributed by atoms with E-state index in [9.17, 15) is 13.2 Å². The molecule has 2 aromatic rings. The number of nitrogens with one attached hydrogen (secondary N) is 1. The van der Waals surface area contributed by atoms with Crippen LogP contribution >= 0.6 is 24.8 Å². The zero-order valence-electron chi connectivity index (χ0n) is 17.0. The third-order valence-corrected chi connectivity index (χ3v) is 4.78. The third-order valence-electron chi connectivity index (χ3n) is 4.78. The Morgan fingerprint density at radius 1 is 1.20 bits per heavy atom. The Balaban J connectivity index is 0.00000225. The fraction of sp³-hybridized carbons (Fsp3) is 0.500. The molecule has 1 aromatic carbocycles. The molecule has 30 heavy (non-hydrogen) atoms. The topological polar surface area (TPSA) is 67.1 Å². The Morgan fingerprint density at radius 3 is 2.57 bits per heavy atom. The van der Waals surface area contributed by atoms with Crippen molar-refractivity contribution in [3.05, 3.63) is 41.1 Å². The molecule has 0 radical (unpaired) electrons. The zero-order valence-corrected chi connectivity index (χ0v) is 18.6. The van der Waals surface area contributed by atoms with Gasteiger partial charge in [0.2, 0.25) is 5.95 Å². The number of hydrogen-bond donors (Lipinski definition) is 2. The Morgan fingerprint density at radius 2 is 1.93 bits per heavy atom. The molecule has 3 N–H and O–H groups in total. The first kappa shape index (κ1) is 26.3. The van der Waals surface area contributed by atoms with Gasteiger partial charge in [-0.2, -0.15) is 18.2 Å². The van der Waals surface area contributed by atoms with Gasteiger partial charge in [0, 0.05) is 30.9 Å². The number of aromatic nitrogens is 2. The first-order valence-corrected chi connectivity index (χ1v) is 9.59. The van der Waals surface area contributed by atoms with Gasteiger partial charge in [-0.3, -0.25) is 0 Å². The highest BCUT2D eigenvalue weighted by Crippen LogP contribution is 2.36. The summed E-state index contributed by atoms with van der Waals surface area (Å²) < 4.78 is 40.3. The second-order valence-electron chi connectivity index (χ2n) is 7.31. The molecule has 3 rings (SSSR count). The van der Waals surface area contributed by atoms with Crippen molar-refractivity contribution in [1.82, 2.24) is 9.97 Å². The smallest absolute Gasteiger partial charge is 0.355 e. The number of piperidine rings is 1. The van der Waals surface area contributed by atoms with E-state index in [0.29, 0.717) is 17.9 Å². The van der Waals surface area contributed by atoms with Gasteiger partial charge in [-0.25, -0.2) is 4.98 Å². The van der Waals surface area contributed by atoms with Gasteiger partial charge < -0.3 is 16.0 Å².